The van der Waals surface area contributed by atoms with Crippen molar-refractivity contribution >= 4 is 0 Å². The summed E-state index contributed by atoms with van der Waals surface area (Å²) in [6.45, 7) is 6.02. The number of hydrogen-bond donors (Lipinski definition) is 1. The number of methoxy groups -OCH3 is 1. The SMILES string of the molecule is COc1cc2c(cc1CN1CCn3c(nnc3C3CCNCC3)C1)CCC2. The first kappa shape index (κ1) is 17.2. The predicted octanol–water partition coefficient (Wildman–Crippen LogP) is 2.26. The van der Waals surface area contributed by atoms with E-state index < -0.39 is 0 Å². The molecule has 1 aromatic carbocycles. The molecule has 1 aliphatic carbocycles. The first-order valence-corrected chi connectivity index (χ1v) is 10.4. The van der Waals surface area contributed by atoms with Gasteiger partial charge in [-0.1, -0.05) is 6.07 Å². The average molecular weight is 367 g/mol. The van der Waals surface area contributed by atoms with Gasteiger partial charge in [0.2, 0.25) is 0 Å². The van der Waals surface area contributed by atoms with Crippen molar-refractivity contribution in [1.82, 2.24) is 25.0 Å². The molecule has 2 aromatic rings. The Morgan fingerprint density at radius 1 is 1.11 bits per heavy atom. The van der Waals surface area contributed by atoms with E-state index in [0.717, 1.165) is 50.8 Å². The molecule has 6 heteroatoms. The van der Waals surface area contributed by atoms with Crippen LogP contribution >= 0.6 is 0 Å². The lowest BCUT2D eigenvalue weighted by molar-refractivity contribution is 0.203. The summed E-state index contributed by atoms with van der Waals surface area (Å²) in [7, 11) is 1.79. The van der Waals surface area contributed by atoms with Crippen molar-refractivity contribution in [2.24, 2.45) is 0 Å². The summed E-state index contributed by atoms with van der Waals surface area (Å²) in [6.07, 6.45) is 6.02. The molecule has 1 saturated heterocycles. The Balaban J connectivity index is 1.33. The zero-order valence-electron chi connectivity index (χ0n) is 16.2. The molecule has 2 aliphatic heterocycles. The van der Waals surface area contributed by atoms with E-state index in [4.69, 9.17) is 4.74 Å². The third-order valence-electron chi connectivity index (χ3n) is 6.45. The van der Waals surface area contributed by atoms with E-state index in [-0.39, 0.29) is 0 Å². The summed E-state index contributed by atoms with van der Waals surface area (Å²) in [5.74, 6) is 3.94. The van der Waals surface area contributed by atoms with Crippen LogP contribution in [0.2, 0.25) is 0 Å². The fourth-order valence-electron chi connectivity index (χ4n) is 4.95. The highest BCUT2D eigenvalue weighted by atomic mass is 16.5. The van der Waals surface area contributed by atoms with Gasteiger partial charge in [0.25, 0.3) is 0 Å². The average Bonchev–Trinajstić information content (AvgIpc) is 3.34. The molecular formula is C21H29N5O. The van der Waals surface area contributed by atoms with Crippen LogP contribution in [0.5, 0.6) is 5.75 Å². The number of piperidine rings is 1. The standard InChI is InChI=1S/C21H29N5O/c1-27-19-12-17-4-2-3-16(17)11-18(19)13-25-9-10-26-20(14-25)23-24-21(26)15-5-7-22-8-6-15/h11-12,15,22H,2-10,13-14H2,1H3. The second-order valence-electron chi connectivity index (χ2n) is 8.15. The van der Waals surface area contributed by atoms with Crippen molar-refractivity contribution in [2.45, 2.75) is 57.7 Å². The monoisotopic (exact) mass is 367 g/mol. The van der Waals surface area contributed by atoms with Crippen LogP contribution in [0, 0.1) is 0 Å². The maximum atomic E-state index is 5.70. The van der Waals surface area contributed by atoms with E-state index in [1.54, 1.807) is 7.11 Å². The normalized spacial score (nSPS) is 20.5. The minimum Gasteiger partial charge on any atom is -0.496 e. The number of nitrogens with one attached hydrogen (secondary N) is 1. The highest BCUT2D eigenvalue weighted by molar-refractivity contribution is 5.44. The Morgan fingerprint density at radius 3 is 2.74 bits per heavy atom. The molecule has 0 spiro atoms. The Hall–Kier alpha value is -1.92. The van der Waals surface area contributed by atoms with Gasteiger partial charge in [-0.15, -0.1) is 10.2 Å². The number of aryl methyl sites for hydroxylation is 2. The number of benzene rings is 1. The summed E-state index contributed by atoms with van der Waals surface area (Å²) >= 11 is 0. The highest BCUT2D eigenvalue weighted by Crippen LogP contribution is 2.32. The van der Waals surface area contributed by atoms with Gasteiger partial charge in [-0.2, -0.15) is 0 Å². The minimum atomic E-state index is 0.566. The van der Waals surface area contributed by atoms with Crippen molar-refractivity contribution in [3.63, 3.8) is 0 Å². The number of rotatable bonds is 4. The van der Waals surface area contributed by atoms with Gasteiger partial charge >= 0.3 is 0 Å². The van der Waals surface area contributed by atoms with E-state index in [2.05, 4.69) is 37.1 Å². The fraction of sp³-hybridized carbons (Fsp3) is 0.619. The molecule has 3 aliphatic rings. The molecule has 0 saturated carbocycles. The maximum Gasteiger partial charge on any atom is 0.147 e. The van der Waals surface area contributed by atoms with Crippen molar-refractivity contribution in [3.05, 3.63) is 40.5 Å². The van der Waals surface area contributed by atoms with Crippen LogP contribution in [0.25, 0.3) is 0 Å². The molecule has 27 heavy (non-hydrogen) atoms. The van der Waals surface area contributed by atoms with Crippen LogP contribution in [0.4, 0.5) is 0 Å². The first-order chi connectivity index (χ1) is 13.3. The number of ether oxygens (including phenoxy) is 1. The lowest BCUT2D eigenvalue weighted by atomic mass is 9.97. The van der Waals surface area contributed by atoms with E-state index in [0.29, 0.717) is 5.92 Å². The largest absolute Gasteiger partial charge is 0.496 e. The summed E-state index contributed by atoms with van der Waals surface area (Å²) in [4.78, 5) is 2.48. The Bertz CT molecular complexity index is 824. The Labute approximate surface area is 160 Å². The van der Waals surface area contributed by atoms with Crippen LogP contribution in [-0.4, -0.2) is 46.4 Å². The van der Waals surface area contributed by atoms with Gasteiger partial charge in [0, 0.05) is 31.1 Å². The highest BCUT2D eigenvalue weighted by Gasteiger charge is 2.27. The van der Waals surface area contributed by atoms with Gasteiger partial charge in [0.15, 0.2) is 0 Å². The molecule has 3 heterocycles. The topological polar surface area (TPSA) is 55.2 Å². The maximum absolute atomic E-state index is 5.70. The minimum absolute atomic E-state index is 0.566. The quantitative estimate of drug-likeness (QED) is 0.898. The molecule has 0 unspecified atom stereocenters. The van der Waals surface area contributed by atoms with Gasteiger partial charge in [-0.3, -0.25) is 4.90 Å². The second kappa shape index (κ2) is 7.24. The zero-order chi connectivity index (χ0) is 18.2. The van der Waals surface area contributed by atoms with Crippen molar-refractivity contribution in [1.29, 1.82) is 0 Å². The molecule has 6 nitrogen and oxygen atoms in total. The van der Waals surface area contributed by atoms with Gasteiger partial charge in [0.05, 0.1) is 13.7 Å². The zero-order valence-corrected chi connectivity index (χ0v) is 16.2. The lowest BCUT2D eigenvalue weighted by Gasteiger charge is -2.30. The van der Waals surface area contributed by atoms with Gasteiger partial charge in [0.1, 0.15) is 17.4 Å². The van der Waals surface area contributed by atoms with Crippen LogP contribution in [0.3, 0.4) is 0 Å². The van der Waals surface area contributed by atoms with Crippen molar-refractivity contribution in [2.75, 3.05) is 26.7 Å². The molecule has 0 atom stereocenters. The smallest absolute Gasteiger partial charge is 0.147 e. The summed E-state index contributed by atoms with van der Waals surface area (Å²) in [6, 6.07) is 4.64. The lowest BCUT2D eigenvalue weighted by Crippen LogP contribution is -2.35. The first-order valence-electron chi connectivity index (χ1n) is 10.4. The second-order valence-corrected chi connectivity index (χ2v) is 8.15. The summed E-state index contributed by atoms with van der Waals surface area (Å²) in [5.41, 5.74) is 4.30. The Morgan fingerprint density at radius 2 is 1.93 bits per heavy atom. The predicted molar refractivity (Wildman–Crippen MR) is 104 cm³/mol. The van der Waals surface area contributed by atoms with Crippen LogP contribution < -0.4 is 10.1 Å². The van der Waals surface area contributed by atoms with Crippen LogP contribution in [0.1, 0.15) is 53.5 Å². The number of fused-ring (bicyclic) bond motifs is 2. The van der Waals surface area contributed by atoms with E-state index >= 15 is 0 Å². The van der Waals surface area contributed by atoms with E-state index in [1.807, 2.05) is 0 Å². The molecule has 1 fully saturated rings. The van der Waals surface area contributed by atoms with Crippen molar-refractivity contribution < 1.29 is 4.74 Å². The van der Waals surface area contributed by atoms with E-state index in [1.165, 1.54) is 54.6 Å². The van der Waals surface area contributed by atoms with Crippen LogP contribution in [0.15, 0.2) is 12.1 Å². The van der Waals surface area contributed by atoms with E-state index in [9.17, 15) is 0 Å². The number of nitrogens with zero attached hydrogens (tertiary/aromatic N) is 4. The fourth-order valence-corrected chi connectivity index (χ4v) is 4.95. The molecule has 5 rings (SSSR count). The number of aromatic nitrogens is 3. The molecule has 144 valence electrons. The molecule has 1 N–H and O–H groups in total. The molecule has 1 aromatic heterocycles. The molecule has 0 amide bonds. The summed E-state index contributed by atoms with van der Waals surface area (Å²) in [5, 5.41) is 12.6. The third-order valence-corrected chi connectivity index (χ3v) is 6.45. The summed E-state index contributed by atoms with van der Waals surface area (Å²) < 4.78 is 8.08. The Kier molecular flexibility index (Phi) is 4.61. The van der Waals surface area contributed by atoms with Gasteiger partial charge < -0.3 is 14.6 Å². The van der Waals surface area contributed by atoms with Gasteiger partial charge in [-0.05, 0) is 62.4 Å². The molecule has 0 bridgehead atoms. The van der Waals surface area contributed by atoms with Crippen LogP contribution in [-0.2, 0) is 32.5 Å². The van der Waals surface area contributed by atoms with Gasteiger partial charge in [-0.25, -0.2) is 0 Å². The third kappa shape index (κ3) is 3.25. The molecule has 0 radical (unpaired) electrons. The van der Waals surface area contributed by atoms with Crippen molar-refractivity contribution in [3.8, 4) is 5.75 Å². The number of hydrogen-bond acceptors (Lipinski definition) is 5. The molecular weight excluding hydrogens is 338 g/mol.